The van der Waals surface area contributed by atoms with Crippen molar-refractivity contribution in [2.24, 2.45) is 0 Å². The zero-order valence-electron chi connectivity index (χ0n) is 13.2. The first kappa shape index (κ1) is 18.5. The Balaban J connectivity index is 1.89. The fourth-order valence-electron chi connectivity index (χ4n) is 1.96. The number of aryl methyl sites for hydroxylation is 1. The minimum atomic E-state index is -0.831. The van der Waals surface area contributed by atoms with Gasteiger partial charge in [0.15, 0.2) is 18.5 Å². The number of carbonyl (C=O) groups excluding carboxylic acids is 2. The van der Waals surface area contributed by atoms with Crippen LogP contribution in [0.5, 0.6) is 5.75 Å². The summed E-state index contributed by atoms with van der Waals surface area (Å²) in [4.78, 5) is 24.0. The molecule has 0 aliphatic heterocycles. The second kappa shape index (κ2) is 8.31. The summed E-state index contributed by atoms with van der Waals surface area (Å²) in [7, 11) is 0. The van der Waals surface area contributed by atoms with Crippen molar-refractivity contribution in [3.63, 3.8) is 0 Å². The fourth-order valence-corrected chi connectivity index (χ4v) is 2.45. The maximum absolute atomic E-state index is 12.0. The Morgan fingerprint density at radius 3 is 2.46 bits per heavy atom. The van der Waals surface area contributed by atoms with E-state index in [9.17, 15) is 9.59 Å². The lowest BCUT2D eigenvalue weighted by Crippen LogP contribution is -2.28. The molecule has 2 rings (SSSR count). The van der Waals surface area contributed by atoms with Gasteiger partial charge < -0.3 is 9.47 Å². The minimum Gasteiger partial charge on any atom is -0.479 e. The van der Waals surface area contributed by atoms with E-state index >= 15 is 0 Å². The molecule has 0 spiro atoms. The maximum atomic E-state index is 12.0. The molecule has 2 aromatic rings. The van der Waals surface area contributed by atoms with Crippen LogP contribution in [0.2, 0.25) is 5.02 Å². The SMILES string of the molecule is Cc1cc(Cl)ccc1OC(C)C(=O)OCC(=O)c1ccc(Br)cc1. The van der Waals surface area contributed by atoms with Crippen LogP contribution in [0.4, 0.5) is 0 Å². The first-order valence-corrected chi connectivity index (χ1v) is 8.42. The lowest BCUT2D eigenvalue weighted by molar-refractivity contribution is -0.149. The first-order chi connectivity index (χ1) is 11.4. The van der Waals surface area contributed by atoms with Gasteiger partial charge in [0.2, 0.25) is 0 Å². The molecule has 0 amide bonds. The topological polar surface area (TPSA) is 52.6 Å². The maximum Gasteiger partial charge on any atom is 0.347 e. The summed E-state index contributed by atoms with van der Waals surface area (Å²) in [5, 5.41) is 0.593. The highest BCUT2D eigenvalue weighted by molar-refractivity contribution is 9.10. The Morgan fingerprint density at radius 2 is 1.83 bits per heavy atom. The van der Waals surface area contributed by atoms with Crippen LogP contribution < -0.4 is 4.74 Å². The number of carbonyl (C=O) groups is 2. The highest BCUT2D eigenvalue weighted by Gasteiger charge is 2.19. The van der Waals surface area contributed by atoms with Crippen molar-refractivity contribution >= 4 is 39.3 Å². The van der Waals surface area contributed by atoms with E-state index in [1.807, 2.05) is 6.92 Å². The van der Waals surface area contributed by atoms with E-state index in [1.54, 1.807) is 49.4 Å². The van der Waals surface area contributed by atoms with Gasteiger partial charge in [-0.25, -0.2) is 4.79 Å². The molecular formula is C18H16BrClO4. The van der Waals surface area contributed by atoms with E-state index in [-0.39, 0.29) is 12.4 Å². The Bertz CT molecular complexity index is 743. The highest BCUT2D eigenvalue weighted by atomic mass is 79.9. The predicted octanol–water partition coefficient (Wildman–Crippen LogP) is 4.60. The number of ether oxygens (including phenoxy) is 2. The number of rotatable bonds is 6. The van der Waals surface area contributed by atoms with Gasteiger partial charge in [0, 0.05) is 15.1 Å². The molecular weight excluding hydrogens is 396 g/mol. The zero-order chi connectivity index (χ0) is 17.7. The number of esters is 1. The van der Waals surface area contributed by atoms with Crippen LogP contribution in [0.15, 0.2) is 46.9 Å². The van der Waals surface area contributed by atoms with E-state index in [2.05, 4.69) is 15.9 Å². The molecule has 0 aromatic heterocycles. The van der Waals surface area contributed by atoms with Crippen molar-refractivity contribution in [2.45, 2.75) is 20.0 Å². The van der Waals surface area contributed by atoms with Gasteiger partial charge in [0.05, 0.1) is 0 Å². The van der Waals surface area contributed by atoms with Gasteiger partial charge in [-0.2, -0.15) is 0 Å². The molecule has 0 fully saturated rings. The van der Waals surface area contributed by atoms with Crippen LogP contribution in [-0.4, -0.2) is 24.5 Å². The molecule has 1 atom stereocenters. The normalized spacial score (nSPS) is 11.7. The molecule has 4 nitrogen and oxygen atoms in total. The largest absolute Gasteiger partial charge is 0.479 e. The van der Waals surface area contributed by atoms with Crippen LogP contribution in [0.25, 0.3) is 0 Å². The third kappa shape index (κ3) is 5.08. The van der Waals surface area contributed by atoms with Crippen molar-refractivity contribution < 1.29 is 19.1 Å². The molecule has 0 aliphatic rings. The average Bonchev–Trinajstić information content (AvgIpc) is 2.55. The van der Waals surface area contributed by atoms with E-state index in [0.29, 0.717) is 16.3 Å². The summed E-state index contributed by atoms with van der Waals surface area (Å²) in [5.41, 5.74) is 1.29. The molecule has 0 radical (unpaired) electrons. The van der Waals surface area contributed by atoms with Crippen molar-refractivity contribution in [3.8, 4) is 5.75 Å². The van der Waals surface area contributed by atoms with E-state index in [1.165, 1.54) is 0 Å². The van der Waals surface area contributed by atoms with Crippen molar-refractivity contribution in [1.29, 1.82) is 0 Å². The lowest BCUT2D eigenvalue weighted by Gasteiger charge is -2.15. The van der Waals surface area contributed by atoms with Gasteiger partial charge in [-0.1, -0.05) is 39.7 Å². The van der Waals surface area contributed by atoms with Gasteiger partial charge in [-0.15, -0.1) is 0 Å². The van der Waals surface area contributed by atoms with Gasteiger partial charge in [-0.05, 0) is 49.7 Å². The number of Topliss-reactive ketones (excluding diaryl/α,β-unsaturated/α-hetero) is 1. The summed E-state index contributed by atoms with van der Waals surface area (Å²) in [6.07, 6.45) is -0.831. The molecule has 24 heavy (non-hydrogen) atoms. The summed E-state index contributed by atoms with van der Waals surface area (Å²) in [5.74, 6) is -0.330. The molecule has 0 bridgehead atoms. The van der Waals surface area contributed by atoms with E-state index < -0.39 is 12.1 Å². The summed E-state index contributed by atoms with van der Waals surface area (Å²) < 4.78 is 11.5. The molecule has 6 heteroatoms. The number of benzene rings is 2. The minimum absolute atomic E-state index is 0.272. The quantitative estimate of drug-likeness (QED) is 0.515. The number of halogens is 2. The molecule has 0 N–H and O–H groups in total. The van der Waals surface area contributed by atoms with Crippen molar-refractivity contribution in [1.82, 2.24) is 0 Å². The smallest absolute Gasteiger partial charge is 0.347 e. The first-order valence-electron chi connectivity index (χ1n) is 7.25. The Kier molecular flexibility index (Phi) is 6.40. The molecule has 126 valence electrons. The second-order valence-corrected chi connectivity index (χ2v) is 6.56. The average molecular weight is 412 g/mol. The van der Waals surface area contributed by atoms with E-state index in [4.69, 9.17) is 21.1 Å². The molecule has 1 unspecified atom stereocenters. The summed E-state index contributed by atoms with van der Waals surface area (Å²) in [6, 6.07) is 11.9. The van der Waals surface area contributed by atoms with Gasteiger partial charge >= 0.3 is 5.97 Å². The van der Waals surface area contributed by atoms with Gasteiger partial charge in [0.1, 0.15) is 5.75 Å². The Labute approximate surface area is 153 Å². The molecule has 0 saturated heterocycles. The van der Waals surface area contributed by atoms with Gasteiger partial charge in [-0.3, -0.25) is 4.79 Å². The number of hydrogen-bond donors (Lipinski definition) is 0. The van der Waals surface area contributed by atoms with Crippen molar-refractivity contribution in [2.75, 3.05) is 6.61 Å². The van der Waals surface area contributed by atoms with Crippen LogP contribution >= 0.6 is 27.5 Å². The van der Waals surface area contributed by atoms with Crippen LogP contribution in [0, 0.1) is 6.92 Å². The fraction of sp³-hybridized carbons (Fsp3) is 0.222. The predicted molar refractivity (Wildman–Crippen MR) is 95.7 cm³/mol. The monoisotopic (exact) mass is 410 g/mol. The zero-order valence-corrected chi connectivity index (χ0v) is 15.6. The molecule has 2 aromatic carbocycles. The van der Waals surface area contributed by atoms with Crippen molar-refractivity contribution in [3.05, 3.63) is 63.1 Å². The number of hydrogen-bond acceptors (Lipinski definition) is 4. The van der Waals surface area contributed by atoms with Crippen LogP contribution in [0.3, 0.4) is 0 Å². The highest BCUT2D eigenvalue weighted by Crippen LogP contribution is 2.23. The van der Waals surface area contributed by atoms with Gasteiger partial charge in [0.25, 0.3) is 0 Å². The summed E-state index contributed by atoms with van der Waals surface area (Å²) >= 11 is 9.18. The lowest BCUT2D eigenvalue weighted by atomic mass is 10.1. The Morgan fingerprint density at radius 1 is 1.17 bits per heavy atom. The molecule has 0 saturated carbocycles. The molecule has 0 heterocycles. The third-order valence-electron chi connectivity index (χ3n) is 3.28. The Hall–Kier alpha value is -1.85. The molecule has 0 aliphatic carbocycles. The van der Waals surface area contributed by atoms with Crippen LogP contribution in [-0.2, 0) is 9.53 Å². The third-order valence-corrected chi connectivity index (χ3v) is 4.05. The summed E-state index contributed by atoms with van der Waals surface area (Å²) in [6.45, 7) is 3.07. The second-order valence-electron chi connectivity index (χ2n) is 5.21. The van der Waals surface area contributed by atoms with Crippen LogP contribution in [0.1, 0.15) is 22.8 Å². The standard InChI is InChI=1S/C18H16BrClO4/c1-11-9-15(20)7-8-17(11)24-12(2)18(22)23-10-16(21)13-3-5-14(19)6-4-13/h3-9,12H,10H2,1-2H3. The number of ketones is 1. The van der Waals surface area contributed by atoms with E-state index in [0.717, 1.165) is 10.0 Å².